The Balaban J connectivity index is 1.47. The van der Waals surface area contributed by atoms with Crippen molar-refractivity contribution < 1.29 is 14.6 Å². The number of rotatable bonds is 9. The van der Waals surface area contributed by atoms with Crippen LogP contribution in [0.15, 0.2) is 48.5 Å². The summed E-state index contributed by atoms with van der Waals surface area (Å²) in [5, 5.41) is 22.5. The van der Waals surface area contributed by atoms with Gasteiger partial charge in [0.25, 0.3) is 0 Å². The summed E-state index contributed by atoms with van der Waals surface area (Å²) in [6, 6.07) is 14.8. The largest absolute Gasteiger partial charge is 0.496 e. The van der Waals surface area contributed by atoms with E-state index in [9.17, 15) is 9.90 Å². The van der Waals surface area contributed by atoms with Crippen LogP contribution in [0, 0.1) is 17.2 Å². The zero-order valence-electron chi connectivity index (χ0n) is 18.8. The Morgan fingerprint density at radius 2 is 2.03 bits per heavy atom. The molecule has 6 nitrogen and oxygen atoms in total. The smallest absolute Gasteiger partial charge is 0.244 e. The molecule has 33 heavy (non-hydrogen) atoms. The molecule has 2 aromatic carbocycles. The van der Waals surface area contributed by atoms with Crippen LogP contribution in [0.5, 0.6) is 5.75 Å². The SMILES string of the molecule is COc1ccc(C#N)cc1C=CC(=O)N[C@H](CO)CN1CCC(Cc2ccc(Cl)cc2)CC1. The monoisotopic (exact) mass is 467 g/mol. The van der Waals surface area contributed by atoms with Crippen molar-refractivity contribution in [3.63, 3.8) is 0 Å². The summed E-state index contributed by atoms with van der Waals surface area (Å²) in [7, 11) is 1.54. The Labute approximate surface area is 200 Å². The number of piperidine rings is 1. The van der Waals surface area contributed by atoms with Crippen LogP contribution in [0.25, 0.3) is 6.08 Å². The summed E-state index contributed by atoms with van der Waals surface area (Å²) < 4.78 is 5.29. The van der Waals surface area contributed by atoms with E-state index in [0.717, 1.165) is 37.4 Å². The Hall–Kier alpha value is -2.85. The van der Waals surface area contributed by atoms with Gasteiger partial charge in [0.15, 0.2) is 0 Å². The molecule has 0 unspecified atom stereocenters. The van der Waals surface area contributed by atoms with Crippen LogP contribution in [-0.4, -0.2) is 55.3 Å². The standard InChI is InChI=1S/C26H30ClN3O3/c1-33-25-8-4-21(16-28)15-22(25)5-9-26(32)29-24(18-31)17-30-12-10-20(11-13-30)14-19-2-6-23(27)7-3-19/h2-9,15,20,24,31H,10-14,17-18H2,1H3,(H,29,32)/t24-/m0/s1. The summed E-state index contributed by atoms with van der Waals surface area (Å²) in [6.45, 7) is 2.37. The molecule has 1 aliphatic rings. The minimum Gasteiger partial charge on any atom is -0.496 e. The van der Waals surface area contributed by atoms with Crippen molar-refractivity contribution in [2.45, 2.75) is 25.3 Å². The Morgan fingerprint density at radius 1 is 1.30 bits per heavy atom. The molecule has 3 rings (SSSR count). The van der Waals surface area contributed by atoms with E-state index in [4.69, 9.17) is 21.6 Å². The summed E-state index contributed by atoms with van der Waals surface area (Å²) >= 11 is 5.97. The van der Waals surface area contributed by atoms with E-state index in [2.05, 4.69) is 28.4 Å². The molecule has 2 aromatic rings. The number of halogens is 1. The second-order valence-electron chi connectivity index (χ2n) is 8.36. The van der Waals surface area contributed by atoms with Gasteiger partial charge < -0.3 is 20.1 Å². The minimum atomic E-state index is -0.345. The van der Waals surface area contributed by atoms with Crippen LogP contribution in [0.1, 0.15) is 29.5 Å². The number of amides is 1. The fraction of sp³-hybridized carbons (Fsp3) is 0.385. The second kappa shape index (κ2) is 12.4. The first-order chi connectivity index (χ1) is 16.0. The van der Waals surface area contributed by atoms with E-state index in [0.29, 0.717) is 29.3 Å². The van der Waals surface area contributed by atoms with E-state index in [1.165, 1.54) is 11.6 Å². The number of hydrogen-bond donors (Lipinski definition) is 2. The average molecular weight is 468 g/mol. The van der Waals surface area contributed by atoms with E-state index in [1.54, 1.807) is 31.4 Å². The van der Waals surface area contributed by atoms with Gasteiger partial charge in [0.2, 0.25) is 5.91 Å². The third-order valence-electron chi connectivity index (χ3n) is 5.96. The van der Waals surface area contributed by atoms with Gasteiger partial charge in [0, 0.05) is 23.2 Å². The van der Waals surface area contributed by atoms with Crippen LogP contribution in [0.4, 0.5) is 0 Å². The molecule has 1 saturated heterocycles. The number of ether oxygens (including phenoxy) is 1. The van der Waals surface area contributed by atoms with Crippen molar-refractivity contribution in [3.05, 3.63) is 70.3 Å². The predicted octanol–water partition coefficient (Wildman–Crippen LogP) is 3.67. The third kappa shape index (κ3) is 7.61. The molecule has 1 atom stereocenters. The maximum atomic E-state index is 12.4. The molecule has 0 aromatic heterocycles. The molecule has 0 radical (unpaired) electrons. The van der Waals surface area contributed by atoms with Crippen LogP contribution in [0.3, 0.4) is 0 Å². The van der Waals surface area contributed by atoms with Gasteiger partial charge in [0.1, 0.15) is 5.75 Å². The number of benzene rings is 2. The zero-order chi connectivity index (χ0) is 23.6. The van der Waals surface area contributed by atoms with E-state index < -0.39 is 0 Å². The summed E-state index contributed by atoms with van der Waals surface area (Å²) in [5.74, 6) is 0.918. The first-order valence-electron chi connectivity index (χ1n) is 11.1. The van der Waals surface area contributed by atoms with Gasteiger partial charge in [-0.15, -0.1) is 0 Å². The maximum Gasteiger partial charge on any atom is 0.244 e. The lowest BCUT2D eigenvalue weighted by Crippen LogP contribution is -2.47. The molecule has 174 valence electrons. The first-order valence-corrected chi connectivity index (χ1v) is 11.5. The van der Waals surface area contributed by atoms with Gasteiger partial charge in [0.05, 0.1) is 31.4 Å². The van der Waals surface area contributed by atoms with Crippen LogP contribution in [0.2, 0.25) is 5.02 Å². The highest BCUT2D eigenvalue weighted by atomic mass is 35.5. The molecule has 0 spiro atoms. The number of aliphatic hydroxyl groups is 1. The van der Waals surface area contributed by atoms with E-state index >= 15 is 0 Å². The van der Waals surface area contributed by atoms with Gasteiger partial charge in [-0.3, -0.25) is 4.79 Å². The highest BCUT2D eigenvalue weighted by Gasteiger charge is 2.22. The molecular weight excluding hydrogens is 438 g/mol. The molecule has 7 heteroatoms. The summed E-state index contributed by atoms with van der Waals surface area (Å²) in [6.07, 6.45) is 6.24. The van der Waals surface area contributed by atoms with Crippen molar-refractivity contribution in [2.24, 2.45) is 5.92 Å². The zero-order valence-corrected chi connectivity index (χ0v) is 19.6. The number of nitrogens with zero attached hydrogens (tertiary/aromatic N) is 2. The summed E-state index contributed by atoms with van der Waals surface area (Å²) in [4.78, 5) is 14.7. The number of hydrogen-bond acceptors (Lipinski definition) is 5. The van der Waals surface area contributed by atoms with E-state index in [1.807, 2.05) is 12.1 Å². The topological polar surface area (TPSA) is 85.6 Å². The Morgan fingerprint density at radius 3 is 2.67 bits per heavy atom. The minimum absolute atomic E-state index is 0.127. The fourth-order valence-electron chi connectivity index (χ4n) is 4.14. The number of likely N-dealkylation sites (tertiary alicyclic amines) is 1. The molecule has 1 heterocycles. The highest BCUT2D eigenvalue weighted by molar-refractivity contribution is 6.30. The molecule has 0 saturated carbocycles. The molecule has 1 aliphatic heterocycles. The number of nitriles is 1. The summed E-state index contributed by atoms with van der Waals surface area (Å²) in [5.41, 5.74) is 2.45. The number of nitrogens with one attached hydrogen (secondary N) is 1. The molecule has 2 N–H and O–H groups in total. The van der Waals surface area contributed by atoms with Crippen molar-refractivity contribution >= 4 is 23.6 Å². The van der Waals surface area contributed by atoms with Gasteiger partial charge in [-0.1, -0.05) is 23.7 Å². The lowest BCUT2D eigenvalue weighted by molar-refractivity contribution is -0.117. The van der Waals surface area contributed by atoms with Crippen LogP contribution in [-0.2, 0) is 11.2 Å². The quantitative estimate of drug-likeness (QED) is 0.549. The second-order valence-corrected chi connectivity index (χ2v) is 8.80. The average Bonchev–Trinajstić information content (AvgIpc) is 2.84. The first kappa shape index (κ1) is 24.8. The normalized spacial score (nSPS) is 15.8. The maximum absolute atomic E-state index is 12.4. The molecule has 1 amide bonds. The molecule has 0 bridgehead atoms. The van der Waals surface area contributed by atoms with Crippen molar-refractivity contribution in [2.75, 3.05) is 33.4 Å². The van der Waals surface area contributed by atoms with Gasteiger partial charge >= 0.3 is 0 Å². The lowest BCUT2D eigenvalue weighted by Gasteiger charge is -2.34. The molecular formula is C26H30ClN3O3. The van der Waals surface area contributed by atoms with Crippen molar-refractivity contribution in [1.82, 2.24) is 10.2 Å². The van der Waals surface area contributed by atoms with Gasteiger partial charge in [-0.2, -0.15) is 5.26 Å². The third-order valence-corrected chi connectivity index (χ3v) is 6.22. The Kier molecular flexibility index (Phi) is 9.32. The number of aliphatic hydroxyl groups excluding tert-OH is 1. The highest BCUT2D eigenvalue weighted by Crippen LogP contribution is 2.23. The van der Waals surface area contributed by atoms with Crippen molar-refractivity contribution in [3.8, 4) is 11.8 Å². The van der Waals surface area contributed by atoms with Crippen LogP contribution >= 0.6 is 11.6 Å². The van der Waals surface area contributed by atoms with E-state index in [-0.39, 0.29) is 18.6 Å². The molecule has 1 fully saturated rings. The lowest BCUT2D eigenvalue weighted by atomic mass is 9.90. The number of carbonyl (C=O) groups excluding carboxylic acids is 1. The fourth-order valence-corrected chi connectivity index (χ4v) is 4.26. The predicted molar refractivity (Wildman–Crippen MR) is 130 cm³/mol. The van der Waals surface area contributed by atoms with Crippen molar-refractivity contribution in [1.29, 1.82) is 5.26 Å². The Bertz CT molecular complexity index is 993. The number of carbonyl (C=O) groups is 1. The van der Waals surface area contributed by atoms with Gasteiger partial charge in [-0.05, 0) is 80.2 Å². The number of methoxy groups -OCH3 is 1. The molecule has 0 aliphatic carbocycles. The van der Waals surface area contributed by atoms with Gasteiger partial charge in [-0.25, -0.2) is 0 Å². The van der Waals surface area contributed by atoms with Crippen LogP contribution < -0.4 is 10.1 Å².